The largest absolute Gasteiger partial charge is 0.388 e. The first-order chi connectivity index (χ1) is 6.15. The van der Waals surface area contributed by atoms with Crippen LogP contribution in [0.3, 0.4) is 0 Å². The number of halogens is 2. The van der Waals surface area contributed by atoms with Crippen LogP contribution in [-0.2, 0) is 0 Å². The van der Waals surface area contributed by atoms with Gasteiger partial charge in [0.05, 0.1) is 6.10 Å². The Hall–Kier alpha value is -1.00. The summed E-state index contributed by atoms with van der Waals surface area (Å²) in [5.41, 5.74) is 5.14. The Morgan fingerprint density at radius 3 is 2.69 bits per heavy atom. The van der Waals surface area contributed by atoms with Crippen molar-refractivity contribution >= 4 is 0 Å². The molecule has 72 valence electrons. The van der Waals surface area contributed by atoms with E-state index < -0.39 is 17.7 Å². The van der Waals surface area contributed by atoms with Crippen LogP contribution in [0, 0.1) is 11.6 Å². The lowest BCUT2D eigenvalue weighted by molar-refractivity contribution is 0.165. The lowest BCUT2D eigenvalue weighted by Gasteiger charge is -2.10. The van der Waals surface area contributed by atoms with E-state index in [1.807, 2.05) is 0 Å². The van der Waals surface area contributed by atoms with Crippen LogP contribution in [0.4, 0.5) is 8.78 Å². The standard InChI is InChI=1S/C9H11F2NO/c10-6-1-2-8(11)7(5-6)9(13)3-4-12/h1-2,5,9,13H,3-4,12H2/t9-/m0/s1. The maximum Gasteiger partial charge on any atom is 0.129 e. The van der Waals surface area contributed by atoms with E-state index in [9.17, 15) is 13.9 Å². The Bertz CT molecular complexity index is 291. The minimum atomic E-state index is -1.03. The predicted octanol–water partition coefficient (Wildman–Crippen LogP) is 1.35. The van der Waals surface area contributed by atoms with Gasteiger partial charge >= 0.3 is 0 Å². The molecule has 4 heteroatoms. The first kappa shape index (κ1) is 10.1. The predicted molar refractivity (Wildman–Crippen MR) is 45.0 cm³/mol. The molecule has 2 nitrogen and oxygen atoms in total. The number of nitrogens with two attached hydrogens (primary N) is 1. The smallest absolute Gasteiger partial charge is 0.129 e. The summed E-state index contributed by atoms with van der Waals surface area (Å²) in [5, 5.41) is 9.34. The molecule has 0 unspecified atom stereocenters. The zero-order valence-electron chi connectivity index (χ0n) is 7.00. The van der Waals surface area contributed by atoms with Crippen molar-refractivity contribution in [3.63, 3.8) is 0 Å². The molecule has 13 heavy (non-hydrogen) atoms. The van der Waals surface area contributed by atoms with Crippen molar-refractivity contribution in [2.75, 3.05) is 6.54 Å². The summed E-state index contributed by atoms with van der Waals surface area (Å²) in [6.07, 6.45) is -0.805. The Morgan fingerprint density at radius 2 is 2.08 bits per heavy atom. The first-order valence-electron chi connectivity index (χ1n) is 3.98. The summed E-state index contributed by atoms with van der Waals surface area (Å²) in [6.45, 7) is 0.233. The third-order valence-corrected chi connectivity index (χ3v) is 1.76. The Kier molecular flexibility index (Phi) is 3.33. The molecule has 0 fully saturated rings. The molecular formula is C9H11F2NO. The molecule has 0 radical (unpaired) electrons. The van der Waals surface area contributed by atoms with Gasteiger partial charge in [-0.05, 0) is 31.2 Å². The minimum Gasteiger partial charge on any atom is -0.388 e. The fourth-order valence-corrected chi connectivity index (χ4v) is 1.08. The van der Waals surface area contributed by atoms with Gasteiger partial charge in [0.25, 0.3) is 0 Å². The van der Waals surface area contributed by atoms with Crippen LogP contribution < -0.4 is 5.73 Å². The van der Waals surface area contributed by atoms with Crippen LogP contribution in [0.5, 0.6) is 0 Å². The van der Waals surface area contributed by atoms with Crippen molar-refractivity contribution in [3.8, 4) is 0 Å². The van der Waals surface area contributed by atoms with E-state index in [2.05, 4.69) is 0 Å². The maximum atomic E-state index is 13.0. The highest BCUT2D eigenvalue weighted by Crippen LogP contribution is 2.20. The van der Waals surface area contributed by atoms with Crippen LogP contribution >= 0.6 is 0 Å². The van der Waals surface area contributed by atoms with Gasteiger partial charge in [-0.2, -0.15) is 0 Å². The van der Waals surface area contributed by atoms with Gasteiger partial charge < -0.3 is 10.8 Å². The quantitative estimate of drug-likeness (QED) is 0.750. The number of aliphatic hydroxyl groups is 1. The molecule has 0 bridgehead atoms. The van der Waals surface area contributed by atoms with Gasteiger partial charge in [-0.1, -0.05) is 0 Å². The molecule has 1 aromatic carbocycles. The summed E-state index contributed by atoms with van der Waals surface area (Å²) in [7, 11) is 0. The van der Waals surface area contributed by atoms with Gasteiger partial charge in [-0.3, -0.25) is 0 Å². The number of hydrogen-bond acceptors (Lipinski definition) is 2. The molecular weight excluding hydrogens is 176 g/mol. The second-order valence-electron chi connectivity index (χ2n) is 2.76. The lowest BCUT2D eigenvalue weighted by atomic mass is 10.1. The monoisotopic (exact) mass is 187 g/mol. The average molecular weight is 187 g/mol. The molecule has 0 heterocycles. The number of hydrogen-bond donors (Lipinski definition) is 2. The molecule has 0 spiro atoms. The molecule has 0 aromatic heterocycles. The van der Waals surface area contributed by atoms with E-state index in [1.165, 1.54) is 0 Å². The van der Waals surface area contributed by atoms with E-state index in [-0.39, 0.29) is 18.5 Å². The summed E-state index contributed by atoms with van der Waals surface area (Å²) in [5.74, 6) is -1.17. The summed E-state index contributed by atoms with van der Waals surface area (Å²) in [6, 6.07) is 2.98. The zero-order valence-corrected chi connectivity index (χ0v) is 7.00. The van der Waals surface area contributed by atoms with E-state index in [0.717, 1.165) is 18.2 Å². The molecule has 0 amide bonds. The van der Waals surface area contributed by atoms with Gasteiger partial charge in [-0.25, -0.2) is 8.78 Å². The van der Waals surface area contributed by atoms with Crippen molar-refractivity contribution in [3.05, 3.63) is 35.4 Å². The molecule has 0 saturated heterocycles. The summed E-state index contributed by atoms with van der Waals surface area (Å²) >= 11 is 0. The Labute approximate surface area is 75.0 Å². The van der Waals surface area contributed by atoms with E-state index in [4.69, 9.17) is 5.73 Å². The van der Waals surface area contributed by atoms with Crippen LogP contribution in [-0.4, -0.2) is 11.7 Å². The number of benzene rings is 1. The highest BCUT2D eigenvalue weighted by molar-refractivity contribution is 5.20. The molecule has 1 rings (SSSR count). The fourth-order valence-electron chi connectivity index (χ4n) is 1.08. The second-order valence-corrected chi connectivity index (χ2v) is 2.76. The van der Waals surface area contributed by atoms with Crippen LogP contribution in [0.1, 0.15) is 18.1 Å². The molecule has 0 aliphatic rings. The van der Waals surface area contributed by atoms with E-state index >= 15 is 0 Å². The van der Waals surface area contributed by atoms with Gasteiger partial charge in [0.15, 0.2) is 0 Å². The highest BCUT2D eigenvalue weighted by Gasteiger charge is 2.12. The summed E-state index contributed by atoms with van der Waals surface area (Å²) < 4.78 is 25.6. The number of aliphatic hydroxyl groups excluding tert-OH is 1. The molecule has 0 aliphatic carbocycles. The van der Waals surface area contributed by atoms with Crippen molar-refractivity contribution in [1.29, 1.82) is 0 Å². The third-order valence-electron chi connectivity index (χ3n) is 1.76. The van der Waals surface area contributed by atoms with Crippen molar-refractivity contribution in [1.82, 2.24) is 0 Å². The Morgan fingerprint density at radius 1 is 1.38 bits per heavy atom. The normalized spacial score (nSPS) is 12.9. The van der Waals surface area contributed by atoms with Gasteiger partial charge in [0.2, 0.25) is 0 Å². The highest BCUT2D eigenvalue weighted by atomic mass is 19.1. The lowest BCUT2D eigenvalue weighted by Crippen LogP contribution is -2.08. The topological polar surface area (TPSA) is 46.2 Å². The maximum absolute atomic E-state index is 13.0. The van der Waals surface area contributed by atoms with Crippen molar-refractivity contribution in [2.24, 2.45) is 5.73 Å². The van der Waals surface area contributed by atoms with Crippen molar-refractivity contribution in [2.45, 2.75) is 12.5 Å². The van der Waals surface area contributed by atoms with Crippen molar-refractivity contribution < 1.29 is 13.9 Å². The molecule has 1 atom stereocenters. The van der Waals surface area contributed by atoms with Gasteiger partial charge in [-0.15, -0.1) is 0 Å². The van der Waals surface area contributed by atoms with Crippen LogP contribution in [0.25, 0.3) is 0 Å². The minimum absolute atomic E-state index is 0.0366. The molecule has 1 aromatic rings. The second kappa shape index (κ2) is 4.30. The molecule has 0 aliphatic heterocycles. The SMILES string of the molecule is NCC[C@H](O)c1cc(F)ccc1F. The van der Waals surface area contributed by atoms with Crippen LogP contribution in [0.2, 0.25) is 0 Å². The van der Waals surface area contributed by atoms with Crippen LogP contribution in [0.15, 0.2) is 18.2 Å². The third kappa shape index (κ3) is 2.47. The van der Waals surface area contributed by atoms with E-state index in [0.29, 0.717) is 0 Å². The number of rotatable bonds is 3. The first-order valence-corrected chi connectivity index (χ1v) is 3.98. The summed E-state index contributed by atoms with van der Waals surface area (Å²) in [4.78, 5) is 0. The van der Waals surface area contributed by atoms with Gasteiger partial charge in [0, 0.05) is 5.56 Å². The molecule has 0 saturated carbocycles. The average Bonchev–Trinajstić information content (AvgIpc) is 2.09. The zero-order chi connectivity index (χ0) is 9.84. The van der Waals surface area contributed by atoms with Gasteiger partial charge in [0.1, 0.15) is 11.6 Å². The molecule has 3 N–H and O–H groups in total. The fraction of sp³-hybridized carbons (Fsp3) is 0.333. The van der Waals surface area contributed by atoms with E-state index in [1.54, 1.807) is 0 Å². The Balaban J connectivity index is 2.91.